The first kappa shape index (κ1) is 13.9. The van der Waals surface area contributed by atoms with Gasteiger partial charge in [-0.2, -0.15) is 0 Å². The van der Waals surface area contributed by atoms with E-state index in [2.05, 4.69) is 4.98 Å². The fourth-order valence-electron chi connectivity index (χ4n) is 2.81. The summed E-state index contributed by atoms with van der Waals surface area (Å²) in [4.78, 5) is 18.3. The van der Waals surface area contributed by atoms with Crippen LogP contribution in [0.5, 0.6) is 5.75 Å². The molecule has 1 aromatic heterocycles. The monoisotopic (exact) mass is 302 g/mol. The molecule has 4 nitrogen and oxygen atoms in total. The Morgan fingerprint density at radius 3 is 3.00 bits per heavy atom. The van der Waals surface area contributed by atoms with E-state index in [4.69, 9.17) is 11.6 Å². The number of pyridine rings is 1. The van der Waals surface area contributed by atoms with Crippen molar-refractivity contribution >= 4 is 23.2 Å². The molecule has 108 valence electrons. The molecule has 0 aliphatic carbocycles. The van der Waals surface area contributed by atoms with E-state index in [-0.39, 0.29) is 24.1 Å². The SMILES string of the molecule is CC1Cc2cc(Cl)ccc2N1C(=O)Cc1cncc(O)c1. The number of hydrogen-bond donors (Lipinski definition) is 1. The van der Waals surface area contributed by atoms with Crippen LogP contribution in [0.1, 0.15) is 18.1 Å². The Bertz CT molecular complexity index is 702. The zero-order valence-corrected chi connectivity index (χ0v) is 12.3. The van der Waals surface area contributed by atoms with Crippen LogP contribution in [0.3, 0.4) is 0 Å². The third kappa shape index (κ3) is 2.72. The van der Waals surface area contributed by atoms with Crippen molar-refractivity contribution in [2.45, 2.75) is 25.8 Å². The number of fused-ring (bicyclic) bond motifs is 1. The maximum atomic E-state index is 12.6. The topological polar surface area (TPSA) is 53.4 Å². The van der Waals surface area contributed by atoms with Crippen molar-refractivity contribution in [2.75, 3.05) is 4.90 Å². The summed E-state index contributed by atoms with van der Waals surface area (Å²) in [7, 11) is 0. The van der Waals surface area contributed by atoms with E-state index in [1.165, 1.54) is 6.20 Å². The van der Waals surface area contributed by atoms with Crippen LogP contribution < -0.4 is 4.90 Å². The molecule has 1 aliphatic rings. The Morgan fingerprint density at radius 1 is 1.43 bits per heavy atom. The number of amides is 1. The largest absolute Gasteiger partial charge is 0.506 e. The molecule has 1 N–H and O–H groups in total. The molecular weight excluding hydrogens is 288 g/mol. The molecule has 1 amide bonds. The number of rotatable bonds is 2. The predicted octanol–water partition coefficient (Wildman–Crippen LogP) is 2.96. The molecule has 21 heavy (non-hydrogen) atoms. The van der Waals surface area contributed by atoms with Gasteiger partial charge >= 0.3 is 0 Å². The van der Waals surface area contributed by atoms with Gasteiger partial charge in [0.15, 0.2) is 0 Å². The lowest BCUT2D eigenvalue weighted by Gasteiger charge is -2.22. The number of carbonyl (C=O) groups excluding carboxylic acids is 1. The number of aromatic nitrogens is 1. The van der Waals surface area contributed by atoms with Crippen LogP contribution in [-0.2, 0) is 17.6 Å². The predicted molar refractivity (Wildman–Crippen MR) is 81.7 cm³/mol. The van der Waals surface area contributed by atoms with Crippen LogP contribution >= 0.6 is 11.6 Å². The Labute approximate surface area is 128 Å². The molecule has 1 aromatic carbocycles. The second kappa shape index (κ2) is 5.37. The first-order valence-electron chi connectivity index (χ1n) is 6.78. The van der Waals surface area contributed by atoms with Crippen molar-refractivity contribution in [1.29, 1.82) is 0 Å². The third-order valence-corrected chi connectivity index (χ3v) is 3.90. The second-order valence-electron chi connectivity index (χ2n) is 5.32. The van der Waals surface area contributed by atoms with Gasteiger partial charge in [-0.15, -0.1) is 0 Å². The van der Waals surface area contributed by atoms with Crippen LogP contribution in [0.25, 0.3) is 0 Å². The molecule has 0 fully saturated rings. The fourth-order valence-corrected chi connectivity index (χ4v) is 3.00. The quantitative estimate of drug-likeness (QED) is 0.928. The molecular formula is C16H15ClN2O2. The maximum absolute atomic E-state index is 12.6. The first-order chi connectivity index (χ1) is 10.0. The highest BCUT2D eigenvalue weighted by Gasteiger charge is 2.30. The maximum Gasteiger partial charge on any atom is 0.231 e. The molecule has 0 saturated heterocycles. The van der Waals surface area contributed by atoms with Gasteiger partial charge in [0, 0.05) is 22.9 Å². The van der Waals surface area contributed by atoms with Gasteiger partial charge in [-0.25, -0.2) is 0 Å². The van der Waals surface area contributed by atoms with E-state index < -0.39 is 0 Å². The minimum Gasteiger partial charge on any atom is -0.506 e. The number of halogens is 1. The summed E-state index contributed by atoms with van der Waals surface area (Å²) in [6, 6.07) is 7.27. The van der Waals surface area contributed by atoms with Crippen LogP contribution in [0.2, 0.25) is 5.02 Å². The van der Waals surface area contributed by atoms with Crippen molar-refractivity contribution in [3.05, 3.63) is 52.8 Å². The van der Waals surface area contributed by atoms with E-state index in [0.29, 0.717) is 10.6 Å². The average molecular weight is 303 g/mol. The average Bonchev–Trinajstić information content (AvgIpc) is 2.73. The van der Waals surface area contributed by atoms with Gasteiger partial charge in [0.2, 0.25) is 5.91 Å². The smallest absolute Gasteiger partial charge is 0.231 e. The molecule has 0 spiro atoms. The summed E-state index contributed by atoms with van der Waals surface area (Å²) in [6.45, 7) is 2.02. The van der Waals surface area contributed by atoms with E-state index in [1.807, 2.05) is 19.1 Å². The fraction of sp³-hybridized carbons (Fsp3) is 0.250. The van der Waals surface area contributed by atoms with Gasteiger partial charge in [-0.3, -0.25) is 9.78 Å². The normalized spacial score (nSPS) is 16.9. The summed E-state index contributed by atoms with van der Waals surface area (Å²) in [5.41, 5.74) is 2.72. The molecule has 3 rings (SSSR count). The zero-order valence-electron chi connectivity index (χ0n) is 11.6. The second-order valence-corrected chi connectivity index (χ2v) is 5.75. The van der Waals surface area contributed by atoms with E-state index in [9.17, 15) is 9.90 Å². The van der Waals surface area contributed by atoms with Gasteiger partial charge in [-0.05, 0) is 48.7 Å². The summed E-state index contributed by atoms with van der Waals surface area (Å²) in [6.07, 6.45) is 3.97. The third-order valence-electron chi connectivity index (χ3n) is 3.66. The van der Waals surface area contributed by atoms with Crippen LogP contribution in [-0.4, -0.2) is 22.0 Å². The lowest BCUT2D eigenvalue weighted by atomic mass is 10.1. The molecule has 0 radical (unpaired) electrons. The number of benzene rings is 1. The zero-order chi connectivity index (χ0) is 15.0. The highest BCUT2D eigenvalue weighted by molar-refractivity contribution is 6.30. The Morgan fingerprint density at radius 2 is 2.24 bits per heavy atom. The van der Waals surface area contributed by atoms with Gasteiger partial charge in [0.25, 0.3) is 0 Å². The minimum atomic E-state index is -0.00373. The first-order valence-corrected chi connectivity index (χ1v) is 7.16. The number of aromatic hydroxyl groups is 1. The Hall–Kier alpha value is -2.07. The summed E-state index contributed by atoms with van der Waals surface area (Å²) < 4.78 is 0. The highest BCUT2D eigenvalue weighted by Crippen LogP contribution is 2.34. The molecule has 5 heteroatoms. The van der Waals surface area contributed by atoms with Gasteiger partial charge in [0.05, 0.1) is 12.6 Å². The van der Waals surface area contributed by atoms with Gasteiger partial charge in [0.1, 0.15) is 5.75 Å². The number of carbonyl (C=O) groups is 1. The van der Waals surface area contributed by atoms with Crippen molar-refractivity contribution in [1.82, 2.24) is 4.98 Å². The van der Waals surface area contributed by atoms with E-state index in [1.54, 1.807) is 23.2 Å². The van der Waals surface area contributed by atoms with Crippen LogP contribution in [0.4, 0.5) is 5.69 Å². The molecule has 2 heterocycles. The minimum absolute atomic E-state index is 0.00373. The molecule has 1 unspecified atom stereocenters. The summed E-state index contributed by atoms with van der Waals surface area (Å²) in [5.74, 6) is 0.0675. The van der Waals surface area contributed by atoms with E-state index in [0.717, 1.165) is 17.7 Å². The van der Waals surface area contributed by atoms with Crippen LogP contribution in [0.15, 0.2) is 36.7 Å². The molecule has 1 atom stereocenters. The Kier molecular flexibility index (Phi) is 3.55. The van der Waals surface area contributed by atoms with E-state index >= 15 is 0 Å². The van der Waals surface area contributed by atoms with Crippen molar-refractivity contribution in [3.63, 3.8) is 0 Å². The number of anilines is 1. The van der Waals surface area contributed by atoms with Crippen molar-refractivity contribution < 1.29 is 9.90 Å². The van der Waals surface area contributed by atoms with Crippen molar-refractivity contribution in [3.8, 4) is 5.75 Å². The van der Waals surface area contributed by atoms with Crippen LogP contribution in [0, 0.1) is 0 Å². The summed E-state index contributed by atoms with van der Waals surface area (Å²) in [5, 5.41) is 10.1. The lowest BCUT2D eigenvalue weighted by Crippen LogP contribution is -2.36. The molecule has 0 bridgehead atoms. The standard InChI is InChI=1S/C16H15ClN2O2/c1-10-4-12-7-13(17)2-3-15(12)19(10)16(21)6-11-5-14(20)9-18-8-11/h2-3,5,7-10,20H,4,6H2,1H3. The van der Waals surface area contributed by atoms with Crippen molar-refractivity contribution in [2.24, 2.45) is 0 Å². The molecule has 2 aromatic rings. The molecule has 0 saturated carbocycles. The Balaban J connectivity index is 1.85. The number of nitrogens with zero attached hydrogens (tertiary/aromatic N) is 2. The number of hydrogen-bond acceptors (Lipinski definition) is 3. The lowest BCUT2D eigenvalue weighted by molar-refractivity contribution is -0.118. The highest BCUT2D eigenvalue weighted by atomic mass is 35.5. The summed E-state index contributed by atoms with van der Waals surface area (Å²) >= 11 is 6.01. The van der Waals surface area contributed by atoms with Gasteiger partial charge < -0.3 is 10.0 Å². The van der Waals surface area contributed by atoms with Gasteiger partial charge in [-0.1, -0.05) is 11.6 Å². The molecule has 1 aliphatic heterocycles.